The van der Waals surface area contributed by atoms with Crippen LogP contribution in [0.2, 0.25) is 18.1 Å². The fourth-order valence-electron chi connectivity index (χ4n) is 1.35. The molecule has 0 aliphatic heterocycles. The van der Waals surface area contributed by atoms with E-state index < -0.39 is 8.32 Å². The molecule has 0 saturated heterocycles. The maximum absolute atomic E-state index is 6.23. The van der Waals surface area contributed by atoms with Crippen LogP contribution in [-0.2, 0) is 0 Å². The number of thiazole rings is 1. The summed E-state index contributed by atoms with van der Waals surface area (Å²) in [7, 11) is -1.80. The molecule has 0 N–H and O–H groups in total. The predicted octanol–water partition coefficient (Wildman–Crippen LogP) is 4.09. The van der Waals surface area contributed by atoms with Gasteiger partial charge in [0.25, 0.3) is 14.3 Å². The third-order valence-electron chi connectivity index (χ3n) is 3.46. The topological polar surface area (TPSA) is 26.5 Å². The Balaban J connectivity index is 2.35. The molecule has 0 fully saturated rings. The molecule has 0 saturated carbocycles. The van der Waals surface area contributed by atoms with E-state index in [4.69, 9.17) is 4.43 Å². The highest BCUT2D eigenvalue weighted by atomic mass is 32.1. The van der Waals surface area contributed by atoms with Gasteiger partial charge in [-0.15, -0.1) is 11.3 Å². The molecule has 3 nitrogen and oxygen atoms in total. The van der Waals surface area contributed by atoms with Crippen LogP contribution >= 0.6 is 11.3 Å². The molecular formula is C12H20N2OSSi. The smallest absolute Gasteiger partial charge is 0.287 e. The summed E-state index contributed by atoms with van der Waals surface area (Å²) in [5.74, 6) is 0. The van der Waals surface area contributed by atoms with Gasteiger partial charge >= 0.3 is 0 Å². The average Bonchev–Trinajstić information content (AvgIpc) is 2.65. The third kappa shape index (κ3) is 2.26. The number of rotatable bonds is 2. The quantitative estimate of drug-likeness (QED) is 0.767. The lowest BCUT2D eigenvalue weighted by Gasteiger charge is -2.35. The first-order valence-corrected chi connectivity index (χ1v) is 9.56. The van der Waals surface area contributed by atoms with Crippen LogP contribution in [-0.4, -0.2) is 17.7 Å². The molecular weight excluding hydrogens is 248 g/mol. The largest absolute Gasteiger partial charge is 0.518 e. The van der Waals surface area contributed by atoms with Gasteiger partial charge in [0.1, 0.15) is 4.83 Å². The maximum Gasteiger partial charge on any atom is 0.287 e. The zero-order chi connectivity index (χ0) is 12.8. The SMILES string of the molecule is Cc1cn2c(O[Si](C)(C)C(C)(C)C)ncc2s1. The summed E-state index contributed by atoms with van der Waals surface area (Å²) in [6, 6.07) is 0.746. The minimum Gasteiger partial charge on any atom is -0.518 e. The molecule has 0 atom stereocenters. The van der Waals surface area contributed by atoms with E-state index in [1.165, 1.54) is 4.88 Å². The van der Waals surface area contributed by atoms with Crippen LogP contribution in [0.15, 0.2) is 12.4 Å². The van der Waals surface area contributed by atoms with Gasteiger partial charge < -0.3 is 4.43 Å². The Morgan fingerprint density at radius 1 is 1.35 bits per heavy atom. The van der Waals surface area contributed by atoms with E-state index in [1.807, 2.05) is 6.20 Å². The second-order valence-corrected chi connectivity index (χ2v) is 11.9. The van der Waals surface area contributed by atoms with Gasteiger partial charge in [-0.05, 0) is 25.1 Å². The van der Waals surface area contributed by atoms with Crippen LogP contribution in [0.3, 0.4) is 0 Å². The molecule has 2 heterocycles. The van der Waals surface area contributed by atoms with Crippen LogP contribution in [0.4, 0.5) is 0 Å². The molecule has 0 bridgehead atoms. The first-order chi connectivity index (χ1) is 7.71. The Labute approximate surface area is 108 Å². The van der Waals surface area contributed by atoms with E-state index in [9.17, 15) is 0 Å². The Bertz CT molecular complexity index is 536. The van der Waals surface area contributed by atoms with Crippen molar-refractivity contribution in [2.24, 2.45) is 0 Å². The minimum absolute atomic E-state index is 0.198. The number of imidazole rings is 1. The molecule has 0 unspecified atom stereocenters. The summed E-state index contributed by atoms with van der Waals surface area (Å²) in [5, 5.41) is 0.198. The minimum atomic E-state index is -1.80. The molecule has 0 amide bonds. The standard InChI is InChI=1S/C12H20N2OSSi/c1-9-8-14-10(16-9)7-13-11(14)15-17(5,6)12(2,3)4/h7-8H,1-6H3. The molecule has 0 aliphatic rings. The number of fused-ring (bicyclic) bond motifs is 1. The summed E-state index contributed by atoms with van der Waals surface area (Å²) in [6.07, 6.45) is 3.98. The highest BCUT2D eigenvalue weighted by Crippen LogP contribution is 2.37. The van der Waals surface area contributed by atoms with Crippen molar-refractivity contribution < 1.29 is 4.43 Å². The first kappa shape index (κ1) is 12.6. The molecule has 0 spiro atoms. The Morgan fingerprint density at radius 3 is 2.59 bits per heavy atom. The molecule has 5 heteroatoms. The second kappa shape index (κ2) is 3.85. The van der Waals surface area contributed by atoms with E-state index in [0.29, 0.717) is 0 Å². The zero-order valence-electron chi connectivity index (χ0n) is 11.4. The van der Waals surface area contributed by atoms with E-state index in [2.05, 4.69) is 56.4 Å². The van der Waals surface area contributed by atoms with Gasteiger partial charge in [0.2, 0.25) is 0 Å². The van der Waals surface area contributed by atoms with Crippen molar-refractivity contribution in [2.45, 2.75) is 45.8 Å². The molecule has 2 rings (SSSR count). The highest BCUT2D eigenvalue weighted by molar-refractivity contribution is 7.17. The van der Waals surface area contributed by atoms with Crippen molar-refractivity contribution in [2.75, 3.05) is 0 Å². The summed E-state index contributed by atoms with van der Waals surface area (Å²) in [4.78, 5) is 6.81. The highest BCUT2D eigenvalue weighted by Gasteiger charge is 2.40. The van der Waals surface area contributed by atoms with Gasteiger partial charge in [-0.3, -0.25) is 4.40 Å². The van der Waals surface area contributed by atoms with Crippen molar-refractivity contribution in [3.05, 3.63) is 17.3 Å². The third-order valence-corrected chi connectivity index (χ3v) is 8.70. The lowest BCUT2D eigenvalue weighted by molar-refractivity contribution is 0.457. The van der Waals surface area contributed by atoms with E-state index in [0.717, 1.165) is 10.8 Å². The molecule has 2 aromatic heterocycles. The van der Waals surface area contributed by atoms with E-state index in [-0.39, 0.29) is 5.04 Å². The summed E-state index contributed by atoms with van der Waals surface area (Å²) >= 11 is 1.74. The second-order valence-electron chi connectivity index (χ2n) is 5.95. The Hall–Kier alpha value is -0.813. The monoisotopic (exact) mass is 268 g/mol. The fraction of sp³-hybridized carbons (Fsp3) is 0.583. The number of hydrogen-bond acceptors (Lipinski definition) is 3. The molecule has 0 aromatic carbocycles. The lowest BCUT2D eigenvalue weighted by atomic mass is 10.2. The lowest BCUT2D eigenvalue weighted by Crippen LogP contribution is -2.44. The molecule has 17 heavy (non-hydrogen) atoms. The summed E-state index contributed by atoms with van der Waals surface area (Å²) < 4.78 is 8.29. The van der Waals surface area contributed by atoms with Gasteiger partial charge in [0.15, 0.2) is 0 Å². The van der Waals surface area contributed by atoms with Crippen LogP contribution in [0.5, 0.6) is 6.01 Å². The number of aryl methyl sites for hydroxylation is 1. The molecule has 0 radical (unpaired) electrons. The van der Waals surface area contributed by atoms with Crippen LogP contribution in [0.25, 0.3) is 4.83 Å². The number of aromatic nitrogens is 2. The molecule has 0 aliphatic carbocycles. The summed E-state index contributed by atoms with van der Waals surface area (Å²) in [6.45, 7) is 13.3. The van der Waals surface area contributed by atoms with Crippen molar-refractivity contribution in [3.63, 3.8) is 0 Å². The van der Waals surface area contributed by atoms with Crippen molar-refractivity contribution in [1.82, 2.24) is 9.38 Å². The van der Waals surface area contributed by atoms with Crippen molar-refractivity contribution in [3.8, 4) is 6.01 Å². The van der Waals surface area contributed by atoms with Gasteiger partial charge in [-0.2, -0.15) is 0 Å². The maximum atomic E-state index is 6.23. The Morgan fingerprint density at radius 2 is 2.00 bits per heavy atom. The number of nitrogens with zero attached hydrogens (tertiary/aromatic N) is 2. The number of hydrogen-bond donors (Lipinski definition) is 0. The molecule has 2 aromatic rings. The van der Waals surface area contributed by atoms with Crippen LogP contribution < -0.4 is 4.43 Å². The first-order valence-electron chi connectivity index (χ1n) is 5.83. The molecule has 94 valence electrons. The Kier molecular flexibility index (Phi) is 2.86. The van der Waals surface area contributed by atoms with E-state index in [1.54, 1.807) is 11.3 Å². The van der Waals surface area contributed by atoms with Crippen LogP contribution in [0.1, 0.15) is 25.6 Å². The normalized spacial score (nSPS) is 13.3. The van der Waals surface area contributed by atoms with Gasteiger partial charge in [-0.1, -0.05) is 20.8 Å². The van der Waals surface area contributed by atoms with Gasteiger partial charge in [0.05, 0.1) is 6.20 Å². The fourth-order valence-corrected chi connectivity index (χ4v) is 3.09. The van der Waals surface area contributed by atoms with Crippen LogP contribution in [0, 0.1) is 6.92 Å². The van der Waals surface area contributed by atoms with Crippen molar-refractivity contribution in [1.29, 1.82) is 0 Å². The zero-order valence-corrected chi connectivity index (χ0v) is 13.2. The summed E-state index contributed by atoms with van der Waals surface area (Å²) in [5.41, 5.74) is 0. The predicted molar refractivity (Wildman–Crippen MR) is 75.6 cm³/mol. The van der Waals surface area contributed by atoms with Crippen molar-refractivity contribution >= 4 is 24.5 Å². The van der Waals surface area contributed by atoms with Gasteiger partial charge in [0, 0.05) is 11.1 Å². The van der Waals surface area contributed by atoms with E-state index >= 15 is 0 Å². The average molecular weight is 268 g/mol. The van der Waals surface area contributed by atoms with Gasteiger partial charge in [-0.25, -0.2) is 4.98 Å².